The van der Waals surface area contributed by atoms with Gasteiger partial charge in [-0.3, -0.25) is 0 Å². The number of hydrogen-bond acceptors (Lipinski definition) is 6. The van der Waals surface area contributed by atoms with Gasteiger partial charge in [0.25, 0.3) is 0 Å². The third-order valence-corrected chi connectivity index (χ3v) is 2.20. The molecule has 0 aliphatic carbocycles. The molecule has 1 fully saturated rings. The first-order chi connectivity index (χ1) is 7.61. The van der Waals surface area contributed by atoms with Gasteiger partial charge in [0.15, 0.2) is 6.29 Å². The lowest BCUT2D eigenvalue weighted by Gasteiger charge is -2.38. The molecule has 1 saturated heterocycles. The summed E-state index contributed by atoms with van der Waals surface area (Å²) in [6.07, 6.45) is -5.49. The van der Waals surface area contributed by atoms with Gasteiger partial charge in [-0.1, -0.05) is 10.2 Å². The predicted octanol–water partition coefficient (Wildman–Crippen LogP) is -0.585. The van der Waals surface area contributed by atoms with E-state index in [4.69, 9.17) is 15.8 Å². The number of hydrogen-bond donors (Lipinski definition) is 3. The van der Waals surface area contributed by atoms with E-state index < -0.39 is 30.6 Å². The van der Waals surface area contributed by atoms with Crippen LogP contribution in [0.15, 0.2) is 10.2 Å². The first-order valence-corrected chi connectivity index (χ1v) is 4.36. The minimum Gasteiger partial charge on any atom is -0.390 e. The van der Waals surface area contributed by atoms with Crippen molar-refractivity contribution < 1.29 is 20.1 Å². The van der Waals surface area contributed by atoms with Gasteiger partial charge in [-0.05, 0) is 11.1 Å². The first kappa shape index (κ1) is 12.5. The molecule has 10 heteroatoms. The number of rotatable bonds is 3. The zero-order valence-corrected chi connectivity index (χ0v) is 8.03. The Morgan fingerprint density at radius 2 is 1.81 bits per heavy atom. The van der Waals surface area contributed by atoms with Gasteiger partial charge < -0.3 is 20.1 Å². The van der Waals surface area contributed by atoms with Crippen LogP contribution in [-0.2, 0) is 4.74 Å². The Morgan fingerprint density at radius 3 is 2.38 bits per heavy atom. The smallest absolute Gasteiger partial charge is 0.181 e. The monoisotopic (exact) mass is 230 g/mol. The second-order valence-electron chi connectivity index (χ2n) is 3.16. The van der Waals surface area contributed by atoms with Gasteiger partial charge >= 0.3 is 0 Å². The summed E-state index contributed by atoms with van der Waals surface area (Å²) in [5, 5.41) is 34.6. The fourth-order valence-corrected chi connectivity index (χ4v) is 1.39. The van der Waals surface area contributed by atoms with Gasteiger partial charge in [-0.15, -0.1) is 0 Å². The molecule has 0 bridgehead atoms. The van der Waals surface area contributed by atoms with E-state index in [2.05, 4.69) is 20.1 Å². The highest BCUT2D eigenvalue weighted by Gasteiger charge is 2.43. The molecule has 1 aliphatic rings. The van der Waals surface area contributed by atoms with Gasteiger partial charge in [0.05, 0.1) is 24.8 Å². The zero-order valence-electron chi connectivity index (χ0n) is 8.03. The molecule has 0 radical (unpaired) electrons. The fraction of sp³-hybridized carbons (Fsp3) is 1.00. The number of aliphatic hydroxyl groups excluding tert-OH is 3. The quantitative estimate of drug-likeness (QED) is 0.335. The Hall–Kier alpha value is -1.54. The highest BCUT2D eigenvalue weighted by Crippen LogP contribution is 2.22. The molecule has 88 valence electrons. The van der Waals surface area contributed by atoms with E-state index in [1.165, 1.54) is 0 Å². The summed E-state index contributed by atoms with van der Waals surface area (Å²) in [6, 6.07) is -1.24. The van der Waals surface area contributed by atoms with E-state index >= 15 is 0 Å². The molecule has 0 amide bonds. The lowest BCUT2D eigenvalue weighted by atomic mass is 9.97. The van der Waals surface area contributed by atoms with Crippen LogP contribution < -0.4 is 0 Å². The molecule has 1 aliphatic heterocycles. The van der Waals surface area contributed by atoms with E-state index in [-0.39, 0.29) is 6.54 Å². The number of azide groups is 2. The minimum absolute atomic E-state index is 0.237. The maximum Gasteiger partial charge on any atom is 0.181 e. The third kappa shape index (κ3) is 2.52. The van der Waals surface area contributed by atoms with Gasteiger partial charge in [-0.2, -0.15) is 0 Å². The summed E-state index contributed by atoms with van der Waals surface area (Å²) in [4.78, 5) is 4.91. The number of ether oxygens (including phenoxy) is 1. The van der Waals surface area contributed by atoms with Crippen LogP contribution in [0.1, 0.15) is 0 Å². The lowest BCUT2D eigenvalue weighted by molar-refractivity contribution is -0.249. The van der Waals surface area contributed by atoms with Crippen molar-refractivity contribution in [3.63, 3.8) is 0 Å². The van der Waals surface area contributed by atoms with Crippen LogP contribution >= 0.6 is 0 Å². The molecular weight excluding hydrogens is 220 g/mol. The molecule has 0 aromatic carbocycles. The Bertz CT molecular complexity index is 338. The molecule has 3 N–H and O–H groups in total. The molecule has 0 aromatic rings. The predicted molar refractivity (Wildman–Crippen MR) is 49.8 cm³/mol. The van der Waals surface area contributed by atoms with Crippen LogP contribution in [0.3, 0.4) is 0 Å². The van der Waals surface area contributed by atoms with E-state index in [1.54, 1.807) is 0 Å². The van der Waals surface area contributed by atoms with Crippen molar-refractivity contribution in [2.75, 3.05) is 6.54 Å². The van der Waals surface area contributed by atoms with Crippen LogP contribution in [0.2, 0.25) is 0 Å². The van der Waals surface area contributed by atoms with E-state index in [1.807, 2.05) is 0 Å². The molecule has 1 rings (SSSR count). The highest BCUT2D eigenvalue weighted by molar-refractivity contribution is 4.94. The largest absolute Gasteiger partial charge is 0.390 e. The summed E-state index contributed by atoms with van der Waals surface area (Å²) in [5.41, 5.74) is 16.3. The molecule has 1 heterocycles. The standard InChI is InChI=1S/C6H10N6O4/c7-11-9-1-2-4(13)3(10-12-8)5(14)6(15)16-2/h2-6,13-15H,1H2/t2-,3-,4-,5+,6-/m0/s1. The Morgan fingerprint density at radius 1 is 1.12 bits per heavy atom. The first-order valence-electron chi connectivity index (χ1n) is 4.36. The summed E-state index contributed by atoms with van der Waals surface area (Å²) < 4.78 is 4.80. The summed E-state index contributed by atoms with van der Waals surface area (Å²) in [7, 11) is 0. The van der Waals surface area contributed by atoms with Crippen LogP contribution in [0.4, 0.5) is 0 Å². The molecule has 0 saturated carbocycles. The Balaban J connectivity index is 2.83. The number of aliphatic hydroxyl groups is 3. The van der Waals surface area contributed by atoms with Gasteiger partial charge in [0.2, 0.25) is 0 Å². The van der Waals surface area contributed by atoms with Crippen molar-refractivity contribution in [1.82, 2.24) is 0 Å². The second-order valence-corrected chi connectivity index (χ2v) is 3.16. The van der Waals surface area contributed by atoms with Crippen molar-refractivity contribution in [2.45, 2.75) is 30.6 Å². The van der Waals surface area contributed by atoms with Gasteiger partial charge in [0.1, 0.15) is 6.10 Å². The zero-order chi connectivity index (χ0) is 12.1. The fourth-order valence-electron chi connectivity index (χ4n) is 1.39. The van der Waals surface area contributed by atoms with Crippen molar-refractivity contribution in [1.29, 1.82) is 0 Å². The summed E-state index contributed by atoms with van der Waals surface area (Å²) in [6.45, 7) is -0.237. The van der Waals surface area contributed by atoms with Crippen molar-refractivity contribution in [3.8, 4) is 0 Å². The normalized spacial score (nSPS) is 38.3. The maximum absolute atomic E-state index is 9.63. The van der Waals surface area contributed by atoms with Crippen LogP contribution in [0.5, 0.6) is 0 Å². The summed E-state index contributed by atoms with van der Waals surface area (Å²) in [5.74, 6) is 0. The highest BCUT2D eigenvalue weighted by atomic mass is 16.6. The molecule has 16 heavy (non-hydrogen) atoms. The molecular formula is C6H10N6O4. The van der Waals surface area contributed by atoms with E-state index in [9.17, 15) is 15.3 Å². The van der Waals surface area contributed by atoms with Gasteiger partial charge in [-0.25, -0.2) is 0 Å². The van der Waals surface area contributed by atoms with Crippen LogP contribution in [0, 0.1) is 0 Å². The maximum atomic E-state index is 9.63. The van der Waals surface area contributed by atoms with E-state index in [0.717, 1.165) is 0 Å². The van der Waals surface area contributed by atoms with Gasteiger partial charge in [0, 0.05) is 9.82 Å². The summed E-state index contributed by atoms with van der Waals surface area (Å²) >= 11 is 0. The SMILES string of the molecule is [N-]=[N+]=NC[C@@H]1O[C@H](O)[C@H](O)[C@@H](N=[N+]=[N-])[C@H]1O. The lowest BCUT2D eigenvalue weighted by Crippen LogP contribution is -2.57. The van der Waals surface area contributed by atoms with Crippen molar-refractivity contribution in [2.24, 2.45) is 10.2 Å². The Labute approximate surface area is 89.3 Å². The average molecular weight is 230 g/mol. The van der Waals surface area contributed by atoms with E-state index in [0.29, 0.717) is 0 Å². The van der Waals surface area contributed by atoms with Crippen molar-refractivity contribution in [3.05, 3.63) is 20.9 Å². The van der Waals surface area contributed by atoms with Crippen LogP contribution in [-0.4, -0.2) is 52.5 Å². The molecule has 5 atom stereocenters. The molecule has 10 nitrogen and oxygen atoms in total. The van der Waals surface area contributed by atoms with Crippen molar-refractivity contribution >= 4 is 0 Å². The molecule has 0 aromatic heterocycles. The average Bonchev–Trinajstić information content (AvgIpc) is 2.27. The molecule has 0 unspecified atom stereocenters. The minimum atomic E-state index is -1.60. The third-order valence-electron chi connectivity index (χ3n) is 2.20. The Kier molecular flexibility index (Phi) is 4.32. The topological polar surface area (TPSA) is 167 Å². The molecule has 0 spiro atoms. The second kappa shape index (κ2) is 5.52. The number of nitrogens with zero attached hydrogens (tertiary/aromatic N) is 6. The van der Waals surface area contributed by atoms with Crippen LogP contribution in [0.25, 0.3) is 20.9 Å².